The van der Waals surface area contributed by atoms with Gasteiger partial charge in [-0.3, -0.25) is 9.89 Å². The van der Waals surface area contributed by atoms with Crippen molar-refractivity contribution >= 4 is 11.6 Å². The largest absolute Gasteiger partial charge is 0.357 e. The number of rotatable bonds is 7. The van der Waals surface area contributed by atoms with Crippen LogP contribution >= 0.6 is 0 Å². The van der Waals surface area contributed by atoms with E-state index in [1.165, 1.54) is 24.9 Å². The van der Waals surface area contributed by atoms with Gasteiger partial charge in [-0.15, -0.1) is 0 Å². The van der Waals surface area contributed by atoms with Gasteiger partial charge in [-0.25, -0.2) is 4.98 Å². The zero-order valence-electron chi connectivity index (χ0n) is 16.3. The highest BCUT2D eigenvalue weighted by Gasteiger charge is 2.22. The Hall–Kier alpha value is -2.08. The Morgan fingerprint density at radius 1 is 1.35 bits per heavy atom. The lowest BCUT2D eigenvalue weighted by Gasteiger charge is -2.21. The summed E-state index contributed by atoms with van der Waals surface area (Å²) >= 11 is 0. The maximum absolute atomic E-state index is 4.81. The highest BCUT2D eigenvalue weighted by molar-refractivity contribution is 5.79. The molecule has 3 rings (SSSR count). The molecule has 6 heteroatoms. The molecule has 0 bridgehead atoms. The fourth-order valence-corrected chi connectivity index (χ4v) is 3.69. The summed E-state index contributed by atoms with van der Waals surface area (Å²) in [5, 5.41) is 6.81. The molecule has 0 spiro atoms. The molecule has 6 nitrogen and oxygen atoms in total. The molecule has 142 valence electrons. The molecule has 2 aromatic heterocycles. The quantitative estimate of drug-likeness (QED) is 0.590. The molecule has 0 saturated carbocycles. The van der Waals surface area contributed by atoms with Crippen LogP contribution in [-0.4, -0.2) is 59.0 Å². The fourth-order valence-electron chi connectivity index (χ4n) is 3.69. The minimum absolute atomic E-state index is 0.594. The van der Waals surface area contributed by atoms with E-state index in [1.54, 1.807) is 0 Å². The summed E-state index contributed by atoms with van der Waals surface area (Å²) in [5.74, 6) is 0.912. The minimum Gasteiger partial charge on any atom is -0.357 e. The van der Waals surface area contributed by atoms with Crippen molar-refractivity contribution in [3.05, 3.63) is 35.8 Å². The van der Waals surface area contributed by atoms with Gasteiger partial charge in [0.05, 0.1) is 12.2 Å². The van der Waals surface area contributed by atoms with E-state index >= 15 is 0 Å². The van der Waals surface area contributed by atoms with E-state index in [2.05, 4.69) is 65.2 Å². The van der Waals surface area contributed by atoms with Gasteiger partial charge in [-0.05, 0) is 51.4 Å². The van der Waals surface area contributed by atoms with Crippen molar-refractivity contribution in [2.75, 3.05) is 32.7 Å². The lowest BCUT2D eigenvalue weighted by Crippen LogP contribution is -2.40. The topological polar surface area (TPSA) is 57.0 Å². The maximum Gasteiger partial charge on any atom is 0.191 e. The van der Waals surface area contributed by atoms with Crippen LogP contribution in [0.25, 0.3) is 5.65 Å². The number of hydrogen-bond acceptors (Lipinski definition) is 3. The zero-order chi connectivity index (χ0) is 18.4. The predicted octanol–water partition coefficient (Wildman–Crippen LogP) is 2.22. The summed E-state index contributed by atoms with van der Waals surface area (Å²) in [6.07, 6.45) is 7.61. The molecule has 0 amide bonds. The summed E-state index contributed by atoms with van der Waals surface area (Å²) in [7, 11) is 0. The van der Waals surface area contributed by atoms with Crippen LogP contribution in [0.4, 0.5) is 0 Å². The van der Waals surface area contributed by atoms with Gasteiger partial charge >= 0.3 is 0 Å². The lowest BCUT2D eigenvalue weighted by atomic mass is 10.2. The number of nitrogens with one attached hydrogen (secondary N) is 2. The van der Waals surface area contributed by atoms with E-state index in [9.17, 15) is 0 Å². The van der Waals surface area contributed by atoms with Crippen molar-refractivity contribution in [2.45, 2.75) is 46.1 Å². The first-order valence-electron chi connectivity index (χ1n) is 9.90. The Morgan fingerprint density at radius 2 is 2.23 bits per heavy atom. The Balaban J connectivity index is 1.54. The number of aryl methyl sites for hydroxylation is 1. The Bertz CT molecular complexity index is 735. The fraction of sp³-hybridized carbons (Fsp3) is 0.600. The summed E-state index contributed by atoms with van der Waals surface area (Å²) in [6.45, 7) is 11.4. The molecule has 1 saturated heterocycles. The third-order valence-corrected chi connectivity index (χ3v) is 5.11. The number of nitrogens with zero attached hydrogens (tertiary/aromatic N) is 4. The standard InChI is InChI=1S/C20H32N6/c1-4-21-20(23-14-18-9-7-12-25(18)5-2)22-11-10-17-15-26-13-6-8-16(3)19(26)24-17/h6,8,13,15,18H,4-5,7,9-12,14H2,1-3H3,(H2,21,22,23). The molecular weight excluding hydrogens is 324 g/mol. The summed E-state index contributed by atoms with van der Waals surface area (Å²) < 4.78 is 2.10. The zero-order valence-corrected chi connectivity index (χ0v) is 16.3. The monoisotopic (exact) mass is 356 g/mol. The average molecular weight is 357 g/mol. The smallest absolute Gasteiger partial charge is 0.191 e. The first kappa shape index (κ1) is 18.7. The molecule has 26 heavy (non-hydrogen) atoms. The van der Waals surface area contributed by atoms with Crippen LogP contribution < -0.4 is 10.6 Å². The van der Waals surface area contributed by atoms with E-state index in [1.807, 2.05) is 0 Å². The van der Waals surface area contributed by atoms with E-state index in [0.29, 0.717) is 6.04 Å². The predicted molar refractivity (Wildman–Crippen MR) is 108 cm³/mol. The number of likely N-dealkylation sites (N-methyl/N-ethyl adjacent to an activating group) is 1. The van der Waals surface area contributed by atoms with Crippen molar-refractivity contribution in [3.8, 4) is 0 Å². The number of aliphatic imine (C=N–C) groups is 1. The van der Waals surface area contributed by atoms with Gasteiger partial charge in [0.15, 0.2) is 5.96 Å². The molecule has 1 fully saturated rings. The molecule has 1 aliphatic rings. The molecule has 0 radical (unpaired) electrons. The molecule has 1 unspecified atom stereocenters. The van der Waals surface area contributed by atoms with Gasteiger partial charge in [0, 0.05) is 37.9 Å². The Kier molecular flexibility index (Phi) is 6.50. The Morgan fingerprint density at radius 3 is 3.00 bits per heavy atom. The number of fused-ring (bicyclic) bond motifs is 1. The van der Waals surface area contributed by atoms with Crippen LogP contribution in [0, 0.1) is 6.92 Å². The van der Waals surface area contributed by atoms with Crippen molar-refractivity contribution < 1.29 is 0 Å². The van der Waals surface area contributed by atoms with Gasteiger partial charge < -0.3 is 15.0 Å². The number of pyridine rings is 1. The van der Waals surface area contributed by atoms with Crippen LogP contribution in [0.3, 0.4) is 0 Å². The molecule has 0 aliphatic carbocycles. The molecule has 2 N–H and O–H groups in total. The maximum atomic E-state index is 4.81. The van der Waals surface area contributed by atoms with Gasteiger partial charge in [-0.2, -0.15) is 0 Å². The van der Waals surface area contributed by atoms with Crippen LogP contribution in [0.15, 0.2) is 29.5 Å². The third-order valence-electron chi connectivity index (χ3n) is 5.11. The van der Waals surface area contributed by atoms with Gasteiger partial charge in [0.1, 0.15) is 5.65 Å². The van der Waals surface area contributed by atoms with E-state index in [0.717, 1.165) is 49.9 Å². The summed E-state index contributed by atoms with van der Waals surface area (Å²) in [5.41, 5.74) is 3.36. The highest BCUT2D eigenvalue weighted by Crippen LogP contribution is 2.16. The van der Waals surface area contributed by atoms with Crippen molar-refractivity contribution in [3.63, 3.8) is 0 Å². The Labute approximate surface area is 156 Å². The molecule has 3 heterocycles. The lowest BCUT2D eigenvalue weighted by molar-refractivity contribution is 0.273. The summed E-state index contributed by atoms with van der Waals surface area (Å²) in [6, 6.07) is 4.75. The number of hydrogen-bond donors (Lipinski definition) is 2. The highest BCUT2D eigenvalue weighted by atomic mass is 15.2. The van der Waals surface area contributed by atoms with E-state index in [-0.39, 0.29) is 0 Å². The number of likely N-dealkylation sites (tertiary alicyclic amines) is 1. The minimum atomic E-state index is 0.594. The third kappa shape index (κ3) is 4.55. The first-order valence-corrected chi connectivity index (χ1v) is 9.90. The van der Waals surface area contributed by atoms with Crippen LogP contribution in [0.5, 0.6) is 0 Å². The van der Waals surface area contributed by atoms with Gasteiger partial charge in [-0.1, -0.05) is 13.0 Å². The van der Waals surface area contributed by atoms with Gasteiger partial charge in [0.2, 0.25) is 0 Å². The second-order valence-electron chi connectivity index (χ2n) is 6.98. The second-order valence-corrected chi connectivity index (χ2v) is 6.98. The number of guanidine groups is 1. The number of imidazole rings is 1. The van der Waals surface area contributed by atoms with E-state index < -0.39 is 0 Å². The summed E-state index contributed by atoms with van der Waals surface area (Å²) in [4.78, 5) is 12.1. The van der Waals surface area contributed by atoms with Crippen molar-refractivity contribution in [1.29, 1.82) is 0 Å². The van der Waals surface area contributed by atoms with Crippen LogP contribution in [0.1, 0.15) is 37.9 Å². The second kappa shape index (κ2) is 9.03. The molecule has 1 atom stereocenters. The van der Waals surface area contributed by atoms with Gasteiger partial charge in [0.25, 0.3) is 0 Å². The molecular formula is C20H32N6. The average Bonchev–Trinajstić information content (AvgIpc) is 3.26. The van der Waals surface area contributed by atoms with Crippen LogP contribution in [-0.2, 0) is 6.42 Å². The molecule has 2 aromatic rings. The van der Waals surface area contributed by atoms with Crippen molar-refractivity contribution in [1.82, 2.24) is 24.9 Å². The first-order chi connectivity index (χ1) is 12.7. The number of aromatic nitrogens is 2. The normalized spacial score (nSPS) is 18.6. The van der Waals surface area contributed by atoms with E-state index in [4.69, 9.17) is 9.98 Å². The molecule has 0 aromatic carbocycles. The SMILES string of the molecule is CCNC(=NCC1CCCN1CC)NCCc1cn2cccc(C)c2n1. The van der Waals surface area contributed by atoms with Crippen molar-refractivity contribution in [2.24, 2.45) is 4.99 Å². The molecule has 1 aliphatic heterocycles. The van der Waals surface area contributed by atoms with Crippen LogP contribution in [0.2, 0.25) is 0 Å².